The van der Waals surface area contributed by atoms with Gasteiger partial charge >= 0.3 is 0 Å². The average molecular weight is 351 g/mol. The molecular weight excluding hydrogens is 330 g/mol. The summed E-state index contributed by atoms with van der Waals surface area (Å²) >= 11 is 0. The van der Waals surface area contributed by atoms with Crippen LogP contribution in [0.2, 0.25) is 0 Å². The number of anilines is 1. The van der Waals surface area contributed by atoms with Crippen LogP contribution < -0.4 is 5.32 Å². The number of hydrogen-bond acceptors (Lipinski definition) is 9. The van der Waals surface area contributed by atoms with Gasteiger partial charge in [0.15, 0.2) is 23.2 Å². The summed E-state index contributed by atoms with van der Waals surface area (Å²) in [6.07, 6.45) is 0.768. The molecule has 6 atom stereocenters. The molecule has 136 valence electrons. The lowest BCUT2D eigenvalue weighted by Gasteiger charge is -2.18. The van der Waals surface area contributed by atoms with Crippen molar-refractivity contribution >= 4 is 17.0 Å². The number of aromatic nitrogens is 4. The van der Waals surface area contributed by atoms with Gasteiger partial charge < -0.3 is 30.5 Å². The summed E-state index contributed by atoms with van der Waals surface area (Å²) in [6, 6.07) is -0.0860. The highest BCUT2D eigenvalue weighted by Crippen LogP contribution is 2.32. The van der Waals surface area contributed by atoms with Crippen LogP contribution in [0.15, 0.2) is 12.7 Å². The Morgan fingerprint density at radius 2 is 2.00 bits per heavy atom. The smallest absolute Gasteiger partial charge is 0.167 e. The number of aliphatic hydroxyl groups excluding tert-OH is 4. The number of hydrogen-bond donors (Lipinski definition) is 5. The van der Waals surface area contributed by atoms with Gasteiger partial charge in [0, 0.05) is 0 Å². The largest absolute Gasteiger partial charge is 0.394 e. The summed E-state index contributed by atoms with van der Waals surface area (Å²) in [5.41, 5.74) is 0.916. The van der Waals surface area contributed by atoms with Crippen LogP contribution in [0.3, 0.4) is 0 Å². The Balaban J connectivity index is 1.65. The summed E-state index contributed by atoms with van der Waals surface area (Å²) in [7, 11) is 0. The van der Waals surface area contributed by atoms with Gasteiger partial charge in [-0.3, -0.25) is 4.57 Å². The molecule has 0 bridgehead atoms. The van der Waals surface area contributed by atoms with Gasteiger partial charge in [-0.05, 0) is 19.3 Å². The first-order valence-electron chi connectivity index (χ1n) is 8.34. The van der Waals surface area contributed by atoms with Crippen molar-refractivity contribution in [2.45, 2.75) is 55.9 Å². The zero-order valence-corrected chi connectivity index (χ0v) is 13.4. The van der Waals surface area contributed by atoms with Gasteiger partial charge in [-0.2, -0.15) is 0 Å². The third-order valence-corrected chi connectivity index (χ3v) is 4.95. The molecular formula is C15H21N5O5. The number of fused-ring (bicyclic) bond motifs is 1. The Labute approximate surface area is 143 Å². The lowest BCUT2D eigenvalue weighted by atomic mass is 10.1. The normalized spacial score (nSPS) is 35.5. The lowest BCUT2D eigenvalue weighted by molar-refractivity contribution is -0.0511. The summed E-state index contributed by atoms with van der Waals surface area (Å²) in [5.74, 6) is 0.501. The van der Waals surface area contributed by atoms with Crippen molar-refractivity contribution in [2.75, 3.05) is 11.9 Å². The molecule has 2 aromatic rings. The number of aliphatic hydroxyl groups is 4. The molecule has 1 aliphatic carbocycles. The minimum absolute atomic E-state index is 0.0860. The fraction of sp³-hybridized carbons (Fsp3) is 0.667. The molecule has 3 unspecified atom stereocenters. The third-order valence-electron chi connectivity index (χ3n) is 4.95. The Bertz CT molecular complexity index is 755. The maximum atomic E-state index is 10.2. The first kappa shape index (κ1) is 16.6. The van der Waals surface area contributed by atoms with Gasteiger partial charge in [0.1, 0.15) is 24.6 Å². The second-order valence-corrected chi connectivity index (χ2v) is 6.52. The quantitative estimate of drug-likeness (QED) is 0.456. The average Bonchev–Trinajstić information content (AvgIpc) is 3.29. The van der Waals surface area contributed by atoms with Crippen LogP contribution >= 0.6 is 0 Å². The van der Waals surface area contributed by atoms with Gasteiger partial charge in [-0.1, -0.05) is 0 Å². The molecule has 3 heterocycles. The molecule has 0 spiro atoms. The monoisotopic (exact) mass is 351 g/mol. The van der Waals surface area contributed by atoms with Crippen molar-refractivity contribution < 1.29 is 25.2 Å². The van der Waals surface area contributed by atoms with E-state index in [-0.39, 0.29) is 6.04 Å². The Kier molecular flexibility index (Phi) is 4.29. The summed E-state index contributed by atoms with van der Waals surface area (Å²) in [5, 5.41) is 42.6. The fourth-order valence-corrected chi connectivity index (χ4v) is 3.54. The third kappa shape index (κ3) is 2.75. The van der Waals surface area contributed by atoms with Crippen LogP contribution in [0.1, 0.15) is 25.5 Å². The standard InChI is InChI=1S/C15H21N5O5/c21-4-9-11(23)12(24)15(25-9)20-6-18-10-13(16-5-17-14(10)20)19-7-2-1-3-8(7)22/h5-9,11-12,15,21-24H,1-4H2,(H,16,17,19)/t7-,8-,9+,11?,12?,15?/m0/s1. The Hall–Kier alpha value is -1.85. The van der Waals surface area contributed by atoms with E-state index in [1.165, 1.54) is 17.2 Å². The van der Waals surface area contributed by atoms with Crippen LogP contribution in [0.4, 0.5) is 5.82 Å². The van der Waals surface area contributed by atoms with Crippen LogP contribution in [0.5, 0.6) is 0 Å². The molecule has 5 N–H and O–H groups in total. The Morgan fingerprint density at radius 1 is 1.16 bits per heavy atom. The predicted octanol–water partition coefficient (Wildman–Crippen LogP) is -1.24. The van der Waals surface area contributed by atoms with E-state index >= 15 is 0 Å². The molecule has 1 aliphatic heterocycles. The number of nitrogens with zero attached hydrogens (tertiary/aromatic N) is 4. The van der Waals surface area contributed by atoms with Crippen LogP contribution in [0, 0.1) is 0 Å². The summed E-state index contributed by atoms with van der Waals surface area (Å²) in [6.45, 7) is -0.400. The molecule has 10 nitrogen and oxygen atoms in total. The van der Waals surface area contributed by atoms with E-state index < -0.39 is 37.3 Å². The maximum Gasteiger partial charge on any atom is 0.167 e. The van der Waals surface area contributed by atoms with E-state index in [0.717, 1.165) is 19.3 Å². The first-order chi connectivity index (χ1) is 12.1. The Morgan fingerprint density at radius 3 is 2.68 bits per heavy atom. The molecule has 2 fully saturated rings. The lowest BCUT2D eigenvalue weighted by Crippen LogP contribution is -2.33. The summed E-state index contributed by atoms with van der Waals surface area (Å²) in [4.78, 5) is 12.7. The van der Waals surface area contributed by atoms with Gasteiger partial charge in [-0.15, -0.1) is 0 Å². The molecule has 2 aromatic heterocycles. The first-order valence-corrected chi connectivity index (χ1v) is 8.34. The molecule has 0 radical (unpaired) electrons. The van der Waals surface area contributed by atoms with Crippen molar-refractivity contribution in [2.24, 2.45) is 0 Å². The van der Waals surface area contributed by atoms with Gasteiger partial charge in [0.25, 0.3) is 0 Å². The second kappa shape index (κ2) is 6.46. The zero-order chi connectivity index (χ0) is 17.6. The number of nitrogens with one attached hydrogen (secondary N) is 1. The van der Waals surface area contributed by atoms with E-state index in [1.54, 1.807) is 0 Å². The second-order valence-electron chi connectivity index (χ2n) is 6.52. The molecule has 1 saturated carbocycles. The molecule has 0 amide bonds. The van der Waals surface area contributed by atoms with E-state index in [1.807, 2.05) is 0 Å². The topological polar surface area (TPSA) is 146 Å². The number of rotatable bonds is 4. The van der Waals surface area contributed by atoms with Crippen LogP contribution in [-0.4, -0.2) is 77.0 Å². The minimum atomic E-state index is -1.21. The van der Waals surface area contributed by atoms with Crippen molar-refractivity contribution in [3.8, 4) is 0 Å². The number of imidazole rings is 1. The highest BCUT2D eigenvalue weighted by Gasteiger charge is 2.44. The summed E-state index contributed by atoms with van der Waals surface area (Å²) < 4.78 is 7.04. The minimum Gasteiger partial charge on any atom is -0.394 e. The molecule has 0 aromatic carbocycles. The molecule has 25 heavy (non-hydrogen) atoms. The van der Waals surface area contributed by atoms with E-state index in [0.29, 0.717) is 17.0 Å². The van der Waals surface area contributed by atoms with Gasteiger partial charge in [0.2, 0.25) is 0 Å². The number of ether oxygens (including phenoxy) is 1. The fourth-order valence-electron chi connectivity index (χ4n) is 3.54. The SMILES string of the molecule is OC[C@H]1OC(n2cnc3c(N[C@H]4CCC[C@@H]4O)ncnc32)C(O)C1O. The van der Waals surface area contributed by atoms with Crippen molar-refractivity contribution in [1.29, 1.82) is 0 Å². The van der Waals surface area contributed by atoms with Crippen molar-refractivity contribution in [3.05, 3.63) is 12.7 Å². The maximum absolute atomic E-state index is 10.2. The van der Waals surface area contributed by atoms with Crippen LogP contribution in [-0.2, 0) is 4.74 Å². The van der Waals surface area contributed by atoms with Crippen LogP contribution in [0.25, 0.3) is 11.2 Å². The molecule has 2 aliphatic rings. The highest BCUT2D eigenvalue weighted by molar-refractivity contribution is 5.82. The predicted molar refractivity (Wildman–Crippen MR) is 85.6 cm³/mol. The van der Waals surface area contributed by atoms with Crippen molar-refractivity contribution in [3.63, 3.8) is 0 Å². The van der Waals surface area contributed by atoms with Gasteiger partial charge in [-0.25, -0.2) is 15.0 Å². The molecule has 4 rings (SSSR count). The van der Waals surface area contributed by atoms with E-state index in [4.69, 9.17) is 4.74 Å². The molecule has 1 saturated heterocycles. The molecule has 10 heteroatoms. The van der Waals surface area contributed by atoms with Gasteiger partial charge in [0.05, 0.1) is 25.1 Å². The van der Waals surface area contributed by atoms with Crippen molar-refractivity contribution in [1.82, 2.24) is 19.5 Å². The van der Waals surface area contributed by atoms with E-state index in [2.05, 4.69) is 20.3 Å². The van der Waals surface area contributed by atoms with E-state index in [9.17, 15) is 20.4 Å². The highest BCUT2D eigenvalue weighted by atomic mass is 16.6. The zero-order valence-electron chi connectivity index (χ0n) is 13.4.